The van der Waals surface area contributed by atoms with E-state index in [1.54, 1.807) is 0 Å². The van der Waals surface area contributed by atoms with Crippen molar-refractivity contribution in [2.45, 2.75) is 13.8 Å². The van der Waals surface area contributed by atoms with Gasteiger partial charge in [-0.1, -0.05) is 13.8 Å². The van der Waals surface area contributed by atoms with Gasteiger partial charge in [0.25, 0.3) is 0 Å². The number of hydrogen-bond acceptors (Lipinski definition) is 2. The molecule has 0 aromatic heterocycles. The van der Waals surface area contributed by atoms with Crippen molar-refractivity contribution in [3.8, 4) is 0 Å². The molecule has 2 nitrogen and oxygen atoms in total. The quantitative estimate of drug-likeness (QED) is 0.609. The maximum Gasteiger partial charge on any atom is 0.316 e. The molecule has 0 N–H and O–H groups in total. The molecule has 0 heterocycles. The second kappa shape index (κ2) is 6.07. The van der Waals surface area contributed by atoms with Crippen LogP contribution in [0.4, 0.5) is 0 Å². The predicted octanol–water partition coefficient (Wildman–Crippen LogP) is 2.68. The van der Waals surface area contributed by atoms with Crippen LogP contribution in [-0.4, -0.2) is 24.6 Å². The van der Waals surface area contributed by atoms with Gasteiger partial charge in [0.15, 0.2) is 0 Å². The summed E-state index contributed by atoms with van der Waals surface area (Å²) in [5.74, 6) is 0. The Kier molecular flexibility index (Phi) is 6.27. The first-order chi connectivity index (χ1) is 4.70. The van der Waals surface area contributed by atoms with Gasteiger partial charge in [0, 0.05) is 0 Å². The number of rotatable bonds is 5. The van der Waals surface area contributed by atoms with Crippen molar-refractivity contribution in [2.24, 2.45) is 0 Å². The van der Waals surface area contributed by atoms with Crippen LogP contribution >= 0.6 is 15.6 Å². The molecule has 0 aromatic rings. The fourth-order valence-corrected chi connectivity index (χ4v) is 3.63. The van der Waals surface area contributed by atoms with Gasteiger partial charge >= 0.3 is 7.68 Å². The lowest BCUT2D eigenvalue weighted by Gasteiger charge is -2.08. The van der Waals surface area contributed by atoms with Gasteiger partial charge in [-0.2, -0.15) is 0 Å². The van der Waals surface area contributed by atoms with Crippen LogP contribution in [0.2, 0.25) is 0 Å². The average Bonchev–Trinajstić information content (AvgIpc) is 1.90. The van der Waals surface area contributed by atoms with E-state index in [1.807, 2.05) is 0 Å². The smallest absolute Gasteiger partial charge is 0.237 e. The Bertz CT molecular complexity index is 131. The van der Waals surface area contributed by atoms with Crippen molar-refractivity contribution in [3.05, 3.63) is 0 Å². The van der Waals surface area contributed by atoms with Crippen molar-refractivity contribution >= 4 is 15.6 Å². The first-order valence-electron chi connectivity index (χ1n) is 3.54. The van der Waals surface area contributed by atoms with E-state index < -0.39 is 7.68 Å². The molecule has 0 bridgehead atoms. The molecule has 0 saturated carbocycles. The lowest BCUT2D eigenvalue weighted by molar-refractivity contribution is 0.516. The van der Waals surface area contributed by atoms with E-state index in [2.05, 4.69) is 13.8 Å². The lowest BCUT2D eigenvalue weighted by atomic mass is 10.9. The summed E-state index contributed by atoms with van der Waals surface area (Å²) in [7, 11) is -2.10. The second-order valence-corrected chi connectivity index (χ2v) is 6.25. The van der Waals surface area contributed by atoms with Gasteiger partial charge in [-0.25, -0.2) is 9.13 Å². The highest BCUT2D eigenvalue weighted by molar-refractivity contribution is 7.58. The average molecular weight is 180 g/mol. The molecule has 60 valence electrons. The zero-order valence-electron chi connectivity index (χ0n) is 6.54. The molecule has 0 aliphatic rings. The van der Waals surface area contributed by atoms with E-state index in [1.165, 1.54) is 0 Å². The molecular formula is C6H14O2P2. The van der Waals surface area contributed by atoms with Gasteiger partial charge in [0.05, 0.1) is 6.16 Å². The van der Waals surface area contributed by atoms with Crippen molar-refractivity contribution in [2.75, 3.05) is 24.6 Å². The zero-order valence-corrected chi connectivity index (χ0v) is 8.33. The van der Waals surface area contributed by atoms with E-state index >= 15 is 0 Å². The maximum atomic E-state index is 10.2. The van der Waals surface area contributed by atoms with Gasteiger partial charge in [-0.3, -0.25) is 0 Å². The van der Waals surface area contributed by atoms with Gasteiger partial charge in [-0.05, 0) is 18.5 Å². The monoisotopic (exact) mass is 180 g/mol. The molecule has 0 unspecified atom stereocenters. The van der Waals surface area contributed by atoms with Crippen LogP contribution in [0.15, 0.2) is 0 Å². The Morgan fingerprint density at radius 1 is 1.00 bits per heavy atom. The van der Waals surface area contributed by atoms with Crippen molar-refractivity contribution in [3.63, 3.8) is 0 Å². The number of hydrogen-bond donors (Lipinski definition) is 0. The van der Waals surface area contributed by atoms with Crippen molar-refractivity contribution < 1.29 is 9.13 Å². The van der Waals surface area contributed by atoms with Gasteiger partial charge in [0.2, 0.25) is 0 Å². The minimum absolute atomic E-state index is 0.0275. The Labute approximate surface area is 64.0 Å². The predicted molar refractivity (Wildman–Crippen MR) is 46.0 cm³/mol. The van der Waals surface area contributed by atoms with Crippen LogP contribution in [0.25, 0.3) is 0 Å². The Morgan fingerprint density at radius 3 is 1.80 bits per heavy atom. The third kappa shape index (κ3) is 5.14. The Hall–Kier alpha value is 0.330. The third-order valence-electron chi connectivity index (χ3n) is 1.49. The van der Waals surface area contributed by atoms with Crippen LogP contribution in [-0.2, 0) is 9.13 Å². The zero-order chi connectivity index (χ0) is 7.98. The molecule has 0 rings (SSSR count). The molecule has 0 aliphatic heterocycles. The van der Waals surface area contributed by atoms with E-state index in [0.717, 1.165) is 18.5 Å². The fourth-order valence-electron chi connectivity index (χ4n) is 0.763. The molecule has 0 aliphatic carbocycles. The molecular weight excluding hydrogens is 166 g/mol. The highest BCUT2D eigenvalue weighted by Crippen LogP contribution is 2.34. The molecule has 0 atom stereocenters. The molecule has 0 radical (unpaired) electrons. The van der Waals surface area contributed by atoms with E-state index in [-0.39, 0.29) is 7.92 Å². The van der Waals surface area contributed by atoms with Crippen LogP contribution in [0, 0.1) is 0 Å². The summed E-state index contributed by atoms with van der Waals surface area (Å²) >= 11 is 0. The second-order valence-electron chi connectivity index (χ2n) is 2.08. The highest BCUT2D eigenvalue weighted by Gasteiger charge is 2.02. The van der Waals surface area contributed by atoms with Gasteiger partial charge in [-0.15, -0.1) is 7.92 Å². The van der Waals surface area contributed by atoms with Crippen LogP contribution in [0.5, 0.6) is 0 Å². The molecule has 0 amide bonds. The van der Waals surface area contributed by atoms with Gasteiger partial charge in [0.1, 0.15) is 0 Å². The van der Waals surface area contributed by atoms with Gasteiger partial charge < -0.3 is 0 Å². The molecule has 10 heavy (non-hydrogen) atoms. The molecule has 0 fully saturated rings. The summed E-state index contributed by atoms with van der Waals surface area (Å²) < 4.78 is 20.4. The fraction of sp³-hybridized carbons (Fsp3) is 1.00. The standard InChI is InChI=1S/C6H14O2P2/c1-3-9(4-2)5-6-10(7)8/h3-6H2,1-2H3. The van der Waals surface area contributed by atoms with Crippen LogP contribution in [0.1, 0.15) is 13.8 Å². The van der Waals surface area contributed by atoms with Crippen molar-refractivity contribution in [1.82, 2.24) is 0 Å². The molecule has 4 heteroatoms. The summed E-state index contributed by atoms with van der Waals surface area (Å²) in [6.45, 7) is 4.26. The third-order valence-corrected chi connectivity index (χ3v) is 5.08. The Balaban J connectivity index is 3.44. The first-order valence-corrected chi connectivity index (χ1v) is 6.80. The SMILES string of the molecule is CCP(CC)CCP(=O)=O. The van der Waals surface area contributed by atoms with Crippen LogP contribution in [0.3, 0.4) is 0 Å². The normalized spacial score (nSPS) is 10.3. The summed E-state index contributed by atoms with van der Waals surface area (Å²) in [6.07, 6.45) is 3.62. The summed E-state index contributed by atoms with van der Waals surface area (Å²) in [5.41, 5.74) is 0. The lowest BCUT2D eigenvalue weighted by Crippen LogP contribution is -1.90. The summed E-state index contributed by atoms with van der Waals surface area (Å²) in [6, 6.07) is 0. The van der Waals surface area contributed by atoms with E-state index in [0.29, 0.717) is 6.16 Å². The Morgan fingerprint density at radius 2 is 1.50 bits per heavy atom. The summed E-state index contributed by atoms with van der Waals surface area (Å²) in [5, 5.41) is 0. The highest BCUT2D eigenvalue weighted by atomic mass is 31.1. The first kappa shape index (κ1) is 10.3. The molecule has 0 aromatic carbocycles. The van der Waals surface area contributed by atoms with Crippen molar-refractivity contribution in [1.29, 1.82) is 0 Å². The molecule has 0 spiro atoms. The minimum Gasteiger partial charge on any atom is -0.237 e. The largest absolute Gasteiger partial charge is 0.316 e. The maximum absolute atomic E-state index is 10.2. The molecule has 0 saturated heterocycles. The topological polar surface area (TPSA) is 34.1 Å². The van der Waals surface area contributed by atoms with E-state index in [9.17, 15) is 9.13 Å². The van der Waals surface area contributed by atoms with Crippen LogP contribution < -0.4 is 0 Å². The van der Waals surface area contributed by atoms with E-state index in [4.69, 9.17) is 0 Å². The minimum atomic E-state index is -2.13. The summed E-state index contributed by atoms with van der Waals surface area (Å²) in [4.78, 5) is 0.